The van der Waals surface area contributed by atoms with Gasteiger partial charge in [0.05, 0.1) is 16.4 Å². The summed E-state index contributed by atoms with van der Waals surface area (Å²) in [7, 11) is 0. The fourth-order valence-electron chi connectivity index (χ4n) is 4.22. The Morgan fingerprint density at radius 2 is 1.76 bits per heavy atom. The van der Waals surface area contributed by atoms with Gasteiger partial charge in [-0.1, -0.05) is 66.4 Å². The number of nitrogens with zero attached hydrogens (tertiary/aromatic N) is 1. The van der Waals surface area contributed by atoms with Gasteiger partial charge in [-0.15, -0.1) is 0 Å². The summed E-state index contributed by atoms with van der Waals surface area (Å²) in [5, 5.41) is 14.2. The predicted octanol–water partition coefficient (Wildman–Crippen LogP) is 4.67. The van der Waals surface area contributed by atoms with Crippen LogP contribution in [0, 0.1) is 0 Å². The Morgan fingerprint density at radius 3 is 2.59 bits per heavy atom. The van der Waals surface area contributed by atoms with Crippen LogP contribution in [0.2, 0.25) is 0 Å². The van der Waals surface area contributed by atoms with Crippen LogP contribution in [0.1, 0.15) is 19.4 Å². The van der Waals surface area contributed by atoms with E-state index >= 15 is 0 Å². The van der Waals surface area contributed by atoms with Crippen LogP contribution in [-0.4, -0.2) is 39.4 Å². The minimum absolute atomic E-state index is 0.183. The highest BCUT2D eigenvalue weighted by Gasteiger charge is 2.51. The molecule has 1 N–H and O–H groups in total. The molecule has 2 aromatic carbocycles. The van der Waals surface area contributed by atoms with Gasteiger partial charge in [-0.05, 0) is 47.9 Å². The van der Waals surface area contributed by atoms with Crippen LogP contribution in [0.3, 0.4) is 0 Å². The van der Waals surface area contributed by atoms with Gasteiger partial charge in [0, 0.05) is 6.20 Å². The van der Waals surface area contributed by atoms with E-state index in [2.05, 4.69) is 47.5 Å². The summed E-state index contributed by atoms with van der Waals surface area (Å²) < 4.78 is 12.4. The van der Waals surface area contributed by atoms with Gasteiger partial charge in [-0.2, -0.15) is 0 Å². The number of benzene rings is 2. The Bertz CT molecular complexity index is 1060. The zero-order chi connectivity index (χ0) is 20.0. The molecule has 5 rings (SSSR count). The summed E-state index contributed by atoms with van der Waals surface area (Å²) in [5.74, 6) is -0.745. The molecule has 3 aromatic rings. The molecule has 1 aliphatic heterocycles. The average Bonchev–Trinajstić information content (AvgIpc) is 3.06. The number of aliphatic hydroxyl groups is 1. The van der Waals surface area contributed by atoms with Crippen LogP contribution < -0.4 is 0 Å². The zero-order valence-electron chi connectivity index (χ0n) is 16.4. The molecule has 1 saturated heterocycles. The van der Waals surface area contributed by atoms with E-state index in [-0.39, 0.29) is 11.4 Å². The SMILES string of the molecule is CC1(C)O[C@H]2[C@H](O)[C@@H](Sc3ccccn3)C=C(c3cccc4ccccc34)[C@H]2O1. The van der Waals surface area contributed by atoms with E-state index < -0.39 is 18.0 Å². The highest BCUT2D eigenvalue weighted by Crippen LogP contribution is 2.45. The summed E-state index contributed by atoms with van der Waals surface area (Å²) >= 11 is 1.55. The fourth-order valence-corrected chi connectivity index (χ4v) is 5.28. The van der Waals surface area contributed by atoms with Gasteiger partial charge in [0.2, 0.25) is 0 Å². The molecule has 1 aromatic heterocycles. The molecule has 1 aliphatic carbocycles. The normalized spacial score (nSPS) is 28.2. The summed E-state index contributed by atoms with van der Waals surface area (Å²) in [5.41, 5.74) is 2.19. The van der Waals surface area contributed by atoms with Crippen molar-refractivity contribution in [1.29, 1.82) is 0 Å². The number of fused-ring (bicyclic) bond motifs is 2. The van der Waals surface area contributed by atoms with E-state index in [9.17, 15) is 5.11 Å². The molecule has 4 nitrogen and oxygen atoms in total. The molecular formula is C24H23NO3S. The Labute approximate surface area is 174 Å². The van der Waals surface area contributed by atoms with Crippen LogP contribution in [0.5, 0.6) is 0 Å². The third-order valence-corrected chi connectivity index (χ3v) is 6.62. The van der Waals surface area contributed by atoms with Crippen molar-refractivity contribution in [3.05, 3.63) is 78.5 Å². The lowest BCUT2D eigenvalue weighted by Gasteiger charge is -2.34. The second-order valence-corrected chi connectivity index (χ2v) is 9.11. The molecule has 148 valence electrons. The van der Waals surface area contributed by atoms with Gasteiger partial charge in [-0.3, -0.25) is 0 Å². The first-order chi connectivity index (χ1) is 14.0. The number of hydrogen-bond donors (Lipinski definition) is 1. The van der Waals surface area contributed by atoms with Crippen LogP contribution in [0.15, 0.2) is 78.0 Å². The zero-order valence-corrected chi connectivity index (χ0v) is 17.2. The second kappa shape index (κ2) is 7.26. The summed E-state index contributed by atoms with van der Waals surface area (Å²) in [4.78, 5) is 4.42. The fraction of sp³-hybridized carbons (Fsp3) is 0.292. The second-order valence-electron chi connectivity index (χ2n) is 7.91. The lowest BCUT2D eigenvalue weighted by atomic mass is 9.85. The Kier molecular flexibility index (Phi) is 4.71. The molecule has 0 amide bonds. The highest BCUT2D eigenvalue weighted by atomic mass is 32.2. The summed E-state index contributed by atoms with van der Waals surface area (Å²) in [6.07, 6.45) is 2.48. The minimum atomic E-state index is -0.745. The maximum absolute atomic E-state index is 11.1. The first-order valence-corrected chi connectivity index (χ1v) is 10.7. The number of ether oxygens (including phenoxy) is 2. The number of pyridine rings is 1. The van der Waals surface area contributed by atoms with Crippen molar-refractivity contribution in [2.75, 3.05) is 0 Å². The third kappa shape index (κ3) is 3.49. The topological polar surface area (TPSA) is 51.6 Å². The Morgan fingerprint density at radius 1 is 0.966 bits per heavy atom. The molecular weight excluding hydrogens is 382 g/mol. The number of aromatic nitrogens is 1. The van der Waals surface area contributed by atoms with Crippen molar-refractivity contribution < 1.29 is 14.6 Å². The Hall–Kier alpha value is -2.18. The molecule has 29 heavy (non-hydrogen) atoms. The van der Waals surface area contributed by atoms with Crippen molar-refractivity contribution in [2.24, 2.45) is 0 Å². The third-order valence-electron chi connectivity index (χ3n) is 5.45. The molecule has 4 atom stereocenters. The van der Waals surface area contributed by atoms with E-state index in [1.54, 1.807) is 18.0 Å². The van der Waals surface area contributed by atoms with Crippen molar-refractivity contribution in [3.8, 4) is 0 Å². The molecule has 1 fully saturated rings. The van der Waals surface area contributed by atoms with Crippen LogP contribution in [0.4, 0.5) is 0 Å². The number of rotatable bonds is 3. The summed E-state index contributed by atoms with van der Waals surface area (Å²) in [6.45, 7) is 3.80. The van der Waals surface area contributed by atoms with Crippen molar-refractivity contribution in [2.45, 2.75) is 48.2 Å². The van der Waals surface area contributed by atoms with Crippen molar-refractivity contribution >= 4 is 28.1 Å². The lowest BCUT2D eigenvalue weighted by Crippen LogP contribution is -2.45. The van der Waals surface area contributed by atoms with E-state index in [0.717, 1.165) is 16.2 Å². The number of hydrogen-bond acceptors (Lipinski definition) is 5. The maximum atomic E-state index is 11.1. The van der Waals surface area contributed by atoms with Gasteiger partial charge in [0.25, 0.3) is 0 Å². The van der Waals surface area contributed by atoms with E-state index in [4.69, 9.17) is 9.47 Å². The number of thioether (sulfide) groups is 1. The molecule has 2 aliphatic rings. The van der Waals surface area contributed by atoms with E-state index in [1.165, 1.54) is 10.8 Å². The maximum Gasteiger partial charge on any atom is 0.164 e. The molecule has 2 heterocycles. The average molecular weight is 406 g/mol. The quantitative estimate of drug-likeness (QED) is 0.686. The molecule has 0 saturated carbocycles. The molecule has 0 spiro atoms. The van der Waals surface area contributed by atoms with E-state index in [0.29, 0.717) is 0 Å². The van der Waals surface area contributed by atoms with E-state index in [1.807, 2.05) is 38.1 Å². The molecule has 0 unspecified atom stereocenters. The molecule has 0 bridgehead atoms. The van der Waals surface area contributed by atoms with Crippen molar-refractivity contribution in [3.63, 3.8) is 0 Å². The first-order valence-electron chi connectivity index (χ1n) is 9.83. The molecule has 0 radical (unpaired) electrons. The predicted molar refractivity (Wildman–Crippen MR) is 116 cm³/mol. The van der Waals surface area contributed by atoms with Gasteiger partial charge >= 0.3 is 0 Å². The molecule has 5 heteroatoms. The van der Waals surface area contributed by atoms with Gasteiger partial charge in [0.15, 0.2) is 5.79 Å². The Balaban J connectivity index is 1.62. The minimum Gasteiger partial charge on any atom is -0.389 e. The smallest absolute Gasteiger partial charge is 0.164 e. The monoisotopic (exact) mass is 405 g/mol. The summed E-state index contributed by atoms with van der Waals surface area (Å²) in [6, 6.07) is 20.5. The largest absolute Gasteiger partial charge is 0.389 e. The van der Waals surface area contributed by atoms with Gasteiger partial charge in [-0.25, -0.2) is 4.98 Å². The van der Waals surface area contributed by atoms with Crippen LogP contribution in [-0.2, 0) is 9.47 Å². The highest BCUT2D eigenvalue weighted by molar-refractivity contribution is 8.00. The standard InChI is InChI=1S/C24H23NO3S/c1-24(2)27-22-18(17-11-7-9-15-8-3-4-10-16(15)17)14-19(21(26)23(22)28-24)29-20-12-5-6-13-25-20/h3-14,19,21-23,26H,1-2H3/t19-,21+,22+,23-/m0/s1. The number of aliphatic hydroxyl groups excluding tert-OH is 1. The van der Waals surface area contributed by atoms with Crippen LogP contribution >= 0.6 is 11.8 Å². The van der Waals surface area contributed by atoms with Crippen molar-refractivity contribution in [1.82, 2.24) is 4.98 Å². The lowest BCUT2D eigenvalue weighted by molar-refractivity contribution is -0.151. The van der Waals surface area contributed by atoms with Crippen LogP contribution in [0.25, 0.3) is 16.3 Å². The van der Waals surface area contributed by atoms with Gasteiger partial charge in [0.1, 0.15) is 12.2 Å². The van der Waals surface area contributed by atoms with Gasteiger partial charge < -0.3 is 14.6 Å². The first kappa shape index (κ1) is 18.8.